The maximum atomic E-state index is 15.1. The summed E-state index contributed by atoms with van der Waals surface area (Å²) in [5, 5.41) is 20.0. The summed E-state index contributed by atoms with van der Waals surface area (Å²) in [7, 11) is 0. The molecule has 0 radical (unpaired) electrons. The van der Waals surface area contributed by atoms with Gasteiger partial charge in [0.25, 0.3) is 5.91 Å². The number of hydrogen-bond donors (Lipinski definition) is 2. The van der Waals surface area contributed by atoms with Gasteiger partial charge < -0.3 is 25.0 Å². The molecule has 2 aromatic carbocycles. The van der Waals surface area contributed by atoms with Crippen molar-refractivity contribution in [3.63, 3.8) is 0 Å². The highest BCUT2D eigenvalue weighted by Crippen LogP contribution is 2.42. The second-order valence-electron chi connectivity index (χ2n) is 14.2. The molecule has 14 heteroatoms. The zero-order valence-electron chi connectivity index (χ0n) is 29.0. The fraction of sp³-hybridized carbons (Fsp3) is 0.514. The molecule has 0 saturated carbocycles. The van der Waals surface area contributed by atoms with Crippen LogP contribution in [0.5, 0.6) is 11.8 Å². The maximum absolute atomic E-state index is 15.1. The van der Waals surface area contributed by atoms with E-state index in [9.17, 15) is 14.3 Å². The minimum Gasteiger partial charge on any atom is -0.508 e. The van der Waals surface area contributed by atoms with Crippen molar-refractivity contribution in [1.29, 1.82) is 0 Å². The number of aryl methyl sites for hydroxylation is 2. The lowest BCUT2D eigenvalue weighted by molar-refractivity contribution is 0.0950. The summed E-state index contributed by atoms with van der Waals surface area (Å²) in [6.07, 6.45) is 3.26. The van der Waals surface area contributed by atoms with Crippen LogP contribution in [0.1, 0.15) is 72.5 Å². The molecule has 2 atom stereocenters. The van der Waals surface area contributed by atoms with Crippen LogP contribution in [0.3, 0.4) is 0 Å². The van der Waals surface area contributed by atoms with Crippen molar-refractivity contribution < 1.29 is 23.4 Å². The van der Waals surface area contributed by atoms with Gasteiger partial charge in [-0.3, -0.25) is 14.4 Å². The quantitative estimate of drug-likeness (QED) is 0.242. The number of carbonyl (C=O) groups excluding carboxylic acids is 1. The number of nitrogens with zero attached hydrogens (tertiary/aromatic N) is 7. The summed E-state index contributed by atoms with van der Waals surface area (Å²) in [6.45, 7) is 8.44. The van der Waals surface area contributed by atoms with Gasteiger partial charge in [-0.15, -0.1) is 0 Å². The van der Waals surface area contributed by atoms with Crippen molar-refractivity contribution in [2.75, 3.05) is 49.1 Å². The first kappa shape index (κ1) is 33.9. The average Bonchev–Trinajstić information content (AvgIpc) is 3.69. The molecule has 4 aromatic rings. The molecule has 2 N–H and O–H groups in total. The second kappa shape index (κ2) is 13.4. The molecule has 8 rings (SSSR count). The number of carbonyl (C=O) groups is 1. The maximum Gasteiger partial charge on any atom is 0.318 e. The Balaban J connectivity index is 1.18. The number of amides is 1. The van der Waals surface area contributed by atoms with Crippen LogP contribution in [-0.2, 0) is 32.5 Å². The Morgan fingerprint density at radius 3 is 2.80 bits per heavy atom. The standard InChI is InChI=1S/C37H43ClF2N8O3/c1-3-25-27(40)8-7-22-15-24(49)16-29(31(22)25)45-14-9-26-28(19-45)42-36(51-21-37-10-5-12-47(37)18-23(39)17-37)43-34(26)46-11-6-13-48-30(20-46)32(38)33(44-48)35(50)41-4-2/h7-8,15-16,23,49H,3-6,9-14,17-21H2,1-2H3,(H,41,50)/t23-,37+/m1/s1. The number of alkyl halides is 1. The van der Waals surface area contributed by atoms with Gasteiger partial charge in [-0.25, -0.2) is 8.78 Å². The fourth-order valence-electron chi connectivity index (χ4n) is 8.69. The fourth-order valence-corrected chi connectivity index (χ4v) is 8.97. The summed E-state index contributed by atoms with van der Waals surface area (Å²) < 4.78 is 38.0. The Labute approximate surface area is 300 Å². The molecule has 270 valence electrons. The lowest BCUT2D eigenvalue weighted by atomic mass is 9.95. The lowest BCUT2D eigenvalue weighted by Gasteiger charge is -2.35. The van der Waals surface area contributed by atoms with E-state index < -0.39 is 6.17 Å². The Bertz CT molecular complexity index is 2010. The molecule has 0 spiro atoms. The molecule has 11 nitrogen and oxygen atoms in total. The van der Waals surface area contributed by atoms with E-state index in [-0.39, 0.29) is 34.7 Å². The number of phenolic OH excluding ortho intramolecular Hbond substituents is 1. The first-order chi connectivity index (χ1) is 24.7. The molecular formula is C37H43ClF2N8O3. The third-order valence-electron chi connectivity index (χ3n) is 11.1. The molecule has 4 aliphatic heterocycles. The number of nitrogens with one attached hydrogen (secondary N) is 1. The normalized spacial score (nSPS) is 21.8. The minimum absolute atomic E-state index is 0.109. The first-order valence-corrected chi connectivity index (χ1v) is 18.4. The van der Waals surface area contributed by atoms with Crippen molar-refractivity contribution in [3.05, 3.63) is 63.3 Å². The van der Waals surface area contributed by atoms with Gasteiger partial charge in [-0.2, -0.15) is 15.1 Å². The topological polar surface area (TPSA) is 112 Å². The number of aromatic nitrogens is 4. The first-order valence-electron chi connectivity index (χ1n) is 18.1. The molecular weight excluding hydrogens is 678 g/mol. The van der Waals surface area contributed by atoms with Crippen LogP contribution in [0.4, 0.5) is 20.3 Å². The highest BCUT2D eigenvalue weighted by atomic mass is 35.5. The number of halogens is 3. The summed E-state index contributed by atoms with van der Waals surface area (Å²) in [5.74, 6) is 0.263. The van der Waals surface area contributed by atoms with Gasteiger partial charge in [0.05, 0.1) is 35.0 Å². The van der Waals surface area contributed by atoms with Crippen LogP contribution >= 0.6 is 11.6 Å². The Morgan fingerprint density at radius 2 is 1.98 bits per heavy atom. The van der Waals surface area contributed by atoms with Gasteiger partial charge in [-0.05, 0) is 68.7 Å². The third kappa shape index (κ3) is 6.01. The SMILES string of the molecule is CCNC(=O)c1nn2c(c1Cl)CN(c1nc(OC[C@@]34CCCN3C[C@H](F)C4)nc3c1CCN(c1cc(O)cc4ccc(F)c(CC)c14)C3)CCC2. The third-order valence-corrected chi connectivity index (χ3v) is 11.5. The molecule has 2 saturated heterocycles. The van der Waals surface area contributed by atoms with E-state index in [1.807, 2.05) is 18.5 Å². The molecule has 0 bridgehead atoms. The summed E-state index contributed by atoms with van der Waals surface area (Å²) in [5.41, 5.74) is 3.68. The number of hydrogen-bond acceptors (Lipinski definition) is 9. The van der Waals surface area contributed by atoms with Crippen molar-refractivity contribution in [2.45, 2.75) is 83.7 Å². The predicted molar refractivity (Wildman–Crippen MR) is 191 cm³/mol. The van der Waals surface area contributed by atoms with Gasteiger partial charge >= 0.3 is 6.01 Å². The van der Waals surface area contributed by atoms with Gasteiger partial charge in [-0.1, -0.05) is 24.6 Å². The van der Waals surface area contributed by atoms with E-state index >= 15 is 4.39 Å². The van der Waals surface area contributed by atoms with Crippen molar-refractivity contribution in [3.8, 4) is 11.8 Å². The molecule has 2 fully saturated rings. The van der Waals surface area contributed by atoms with Gasteiger partial charge in [0.2, 0.25) is 0 Å². The Hall–Kier alpha value is -4.23. The van der Waals surface area contributed by atoms with Crippen LogP contribution in [0, 0.1) is 5.82 Å². The molecule has 4 aliphatic rings. The minimum atomic E-state index is -0.881. The van der Waals surface area contributed by atoms with E-state index in [0.29, 0.717) is 82.3 Å². The predicted octanol–water partition coefficient (Wildman–Crippen LogP) is 5.56. The lowest BCUT2D eigenvalue weighted by Crippen LogP contribution is -2.43. The molecule has 2 aromatic heterocycles. The Kier molecular flexibility index (Phi) is 8.90. The van der Waals surface area contributed by atoms with Gasteiger partial charge in [0, 0.05) is 61.8 Å². The number of aromatic hydroxyl groups is 1. The highest BCUT2D eigenvalue weighted by Gasteiger charge is 2.49. The zero-order valence-corrected chi connectivity index (χ0v) is 29.8. The number of anilines is 2. The highest BCUT2D eigenvalue weighted by molar-refractivity contribution is 6.34. The second-order valence-corrected chi connectivity index (χ2v) is 14.6. The molecule has 0 aliphatic carbocycles. The van der Waals surface area contributed by atoms with Crippen LogP contribution in [0.15, 0.2) is 24.3 Å². The summed E-state index contributed by atoms with van der Waals surface area (Å²) >= 11 is 6.82. The van der Waals surface area contributed by atoms with E-state index in [1.54, 1.807) is 18.2 Å². The van der Waals surface area contributed by atoms with E-state index in [1.165, 1.54) is 6.07 Å². The smallest absolute Gasteiger partial charge is 0.318 e. The molecule has 51 heavy (non-hydrogen) atoms. The zero-order chi connectivity index (χ0) is 35.4. The number of fused-ring (bicyclic) bond motifs is 4. The number of benzene rings is 2. The van der Waals surface area contributed by atoms with Crippen LogP contribution < -0.4 is 19.9 Å². The molecule has 6 heterocycles. The van der Waals surface area contributed by atoms with Gasteiger partial charge in [0.1, 0.15) is 30.2 Å². The van der Waals surface area contributed by atoms with Crippen LogP contribution in [0.2, 0.25) is 5.02 Å². The number of rotatable bonds is 8. The van der Waals surface area contributed by atoms with Gasteiger partial charge in [0.15, 0.2) is 5.69 Å². The number of phenols is 1. The van der Waals surface area contributed by atoms with Crippen LogP contribution in [-0.4, -0.2) is 86.7 Å². The van der Waals surface area contributed by atoms with E-state index in [2.05, 4.69) is 25.1 Å². The van der Waals surface area contributed by atoms with Crippen molar-refractivity contribution >= 4 is 39.8 Å². The Morgan fingerprint density at radius 1 is 1.12 bits per heavy atom. The average molecular weight is 721 g/mol. The van der Waals surface area contributed by atoms with Crippen molar-refractivity contribution in [1.82, 2.24) is 30.0 Å². The van der Waals surface area contributed by atoms with Crippen LogP contribution in [0.25, 0.3) is 10.8 Å². The monoisotopic (exact) mass is 720 g/mol. The molecule has 1 amide bonds. The summed E-state index contributed by atoms with van der Waals surface area (Å²) in [4.78, 5) is 29.3. The van der Waals surface area contributed by atoms with E-state index in [4.69, 9.17) is 26.3 Å². The molecule has 0 unspecified atom stereocenters. The number of ether oxygens (including phenoxy) is 1. The largest absolute Gasteiger partial charge is 0.508 e. The summed E-state index contributed by atoms with van der Waals surface area (Å²) in [6, 6.07) is 6.77. The van der Waals surface area contributed by atoms with E-state index in [0.717, 1.165) is 65.0 Å². The van der Waals surface area contributed by atoms with Crippen molar-refractivity contribution in [2.24, 2.45) is 0 Å².